The molecule has 0 radical (unpaired) electrons. The van der Waals surface area contributed by atoms with Gasteiger partial charge in [0.2, 0.25) is 21.8 Å². The smallest absolute Gasteiger partial charge is 0.244 e. The van der Waals surface area contributed by atoms with Crippen molar-refractivity contribution >= 4 is 62.3 Å². The molecule has 0 bridgehead atoms. The number of benzene rings is 2. The van der Waals surface area contributed by atoms with Crippen LogP contribution in [0.3, 0.4) is 0 Å². The number of halogens is 3. The van der Waals surface area contributed by atoms with Crippen molar-refractivity contribution in [2.24, 2.45) is 5.92 Å². The van der Waals surface area contributed by atoms with Crippen molar-refractivity contribution in [1.82, 2.24) is 10.2 Å². The van der Waals surface area contributed by atoms with Gasteiger partial charge in [0.05, 0.1) is 11.9 Å². The molecule has 36 heavy (non-hydrogen) atoms. The van der Waals surface area contributed by atoms with Crippen molar-refractivity contribution in [3.8, 4) is 0 Å². The van der Waals surface area contributed by atoms with Gasteiger partial charge in [-0.15, -0.1) is 0 Å². The summed E-state index contributed by atoms with van der Waals surface area (Å²) in [5, 5.41) is 4.10. The Morgan fingerprint density at radius 2 is 1.64 bits per heavy atom. The van der Waals surface area contributed by atoms with Crippen molar-refractivity contribution in [2.45, 2.75) is 46.7 Å². The fourth-order valence-electron chi connectivity index (χ4n) is 3.67. The third-order valence-electron chi connectivity index (χ3n) is 5.53. The molecular weight excluding hydrogens is 545 g/mol. The molecule has 0 heterocycles. The van der Waals surface area contributed by atoms with E-state index < -0.39 is 28.5 Å². The molecule has 0 aliphatic rings. The molecule has 0 aliphatic carbocycles. The zero-order valence-electron chi connectivity index (χ0n) is 21.0. The van der Waals surface area contributed by atoms with E-state index in [0.717, 1.165) is 10.6 Å². The van der Waals surface area contributed by atoms with E-state index in [1.807, 2.05) is 13.8 Å². The van der Waals surface area contributed by atoms with E-state index in [9.17, 15) is 18.0 Å². The molecule has 0 fully saturated rings. The first-order valence-electron chi connectivity index (χ1n) is 11.5. The maximum atomic E-state index is 13.7. The lowest BCUT2D eigenvalue weighted by atomic mass is 10.1. The molecule has 0 saturated heterocycles. The van der Waals surface area contributed by atoms with Crippen LogP contribution < -0.4 is 9.62 Å². The fourth-order valence-corrected chi connectivity index (χ4v) is 5.27. The van der Waals surface area contributed by atoms with E-state index in [1.54, 1.807) is 50.2 Å². The average Bonchev–Trinajstić information content (AvgIpc) is 2.77. The molecule has 0 aliphatic heterocycles. The number of nitrogens with one attached hydrogen (secondary N) is 1. The van der Waals surface area contributed by atoms with Gasteiger partial charge in [-0.2, -0.15) is 0 Å². The molecule has 7 nitrogen and oxygen atoms in total. The zero-order valence-corrected chi connectivity index (χ0v) is 24.1. The van der Waals surface area contributed by atoms with Gasteiger partial charge >= 0.3 is 0 Å². The summed E-state index contributed by atoms with van der Waals surface area (Å²) < 4.78 is 26.5. The molecule has 11 heteroatoms. The fraction of sp³-hybridized carbons (Fsp3) is 0.440. The Hall–Kier alpha value is -2.00. The Morgan fingerprint density at radius 3 is 2.17 bits per heavy atom. The van der Waals surface area contributed by atoms with Crippen molar-refractivity contribution in [2.75, 3.05) is 23.7 Å². The lowest BCUT2D eigenvalue weighted by molar-refractivity contribution is -0.140. The summed E-state index contributed by atoms with van der Waals surface area (Å²) in [4.78, 5) is 28.2. The van der Waals surface area contributed by atoms with Gasteiger partial charge in [0.25, 0.3) is 0 Å². The van der Waals surface area contributed by atoms with E-state index in [2.05, 4.69) is 5.32 Å². The maximum Gasteiger partial charge on any atom is 0.244 e. The molecule has 0 aromatic heterocycles. The lowest BCUT2D eigenvalue weighted by Gasteiger charge is -2.33. The van der Waals surface area contributed by atoms with E-state index in [0.29, 0.717) is 44.8 Å². The number of nitrogens with zero attached hydrogens (tertiary/aromatic N) is 2. The normalized spacial score (nSPS) is 12.4. The van der Waals surface area contributed by atoms with Crippen LogP contribution in [0.25, 0.3) is 0 Å². The minimum absolute atomic E-state index is 0.000354. The largest absolute Gasteiger partial charge is 0.354 e. The molecule has 2 rings (SSSR count). The van der Waals surface area contributed by atoms with Gasteiger partial charge in [0, 0.05) is 28.2 Å². The monoisotopic (exact) mass is 575 g/mol. The molecule has 1 N–H and O–H groups in total. The summed E-state index contributed by atoms with van der Waals surface area (Å²) in [5.41, 5.74) is 1.50. The van der Waals surface area contributed by atoms with Gasteiger partial charge in [0.15, 0.2) is 0 Å². The third kappa shape index (κ3) is 8.26. The average molecular weight is 577 g/mol. The number of aryl methyl sites for hydroxylation is 1. The Kier molecular flexibility index (Phi) is 10.9. The number of hydrogen-bond acceptors (Lipinski definition) is 4. The predicted octanol–water partition coefficient (Wildman–Crippen LogP) is 5.30. The Morgan fingerprint density at radius 1 is 1.03 bits per heavy atom. The molecular formula is C25H32Cl3N3O4S. The van der Waals surface area contributed by atoms with Crippen LogP contribution in [0, 0.1) is 12.8 Å². The molecule has 2 aromatic carbocycles. The summed E-state index contributed by atoms with van der Waals surface area (Å²) in [7, 11) is -3.84. The lowest BCUT2D eigenvalue weighted by Crippen LogP contribution is -2.52. The Balaban J connectivity index is 2.49. The molecule has 1 atom stereocenters. The van der Waals surface area contributed by atoms with Crippen LogP contribution in [0.5, 0.6) is 0 Å². The number of rotatable bonds is 11. The molecule has 2 amide bonds. The van der Waals surface area contributed by atoms with Crippen molar-refractivity contribution < 1.29 is 18.0 Å². The highest BCUT2D eigenvalue weighted by molar-refractivity contribution is 7.92. The van der Waals surface area contributed by atoms with Crippen LogP contribution in [0.15, 0.2) is 36.4 Å². The zero-order chi connectivity index (χ0) is 27.2. The van der Waals surface area contributed by atoms with E-state index in [4.69, 9.17) is 34.8 Å². The summed E-state index contributed by atoms with van der Waals surface area (Å²) in [6.07, 6.45) is 1.35. The van der Waals surface area contributed by atoms with Gasteiger partial charge in [-0.05, 0) is 60.7 Å². The summed E-state index contributed by atoms with van der Waals surface area (Å²) in [6, 6.07) is 8.79. The van der Waals surface area contributed by atoms with Gasteiger partial charge in [-0.1, -0.05) is 61.6 Å². The van der Waals surface area contributed by atoms with E-state index in [-0.39, 0.29) is 18.4 Å². The van der Waals surface area contributed by atoms with Gasteiger partial charge < -0.3 is 10.2 Å². The number of carbonyl (C=O) groups excluding carboxylic acids is 2. The second-order valence-electron chi connectivity index (χ2n) is 9.02. The quantitative estimate of drug-likeness (QED) is 0.393. The number of sulfonamides is 1. The van der Waals surface area contributed by atoms with Crippen LogP contribution in [0.4, 0.5) is 5.69 Å². The summed E-state index contributed by atoms with van der Waals surface area (Å²) in [6.45, 7) is 7.38. The first-order chi connectivity index (χ1) is 16.7. The van der Waals surface area contributed by atoms with Gasteiger partial charge in [-0.25, -0.2) is 8.42 Å². The molecule has 0 unspecified atom stereocenters. The number of anilines is 1. The maximum absolute atomic E-state index is 13.7. The number of amides is 2. The Labute approximate surface area is 228 Å². The SMILES string of the molecule is CC[C@@H](C(=O)NCC(C)C)N(Cc1ccc(Cl)cc1Cl)C(=O)CN(c1ccc(Cl)cc1C)S(C)(=O)=O. The highest BCUT2D eigenvalue weighted by Gasteiger charge is 2.32. The Bertz CT molecular complexity index is 1210. The second-order valence-corrected chi connectivity index (χ2v) is 12.2. The van der Waals surface area contributed by atoms with Crippen LogP contribution >= 0.6 is 34.8 Å². The van der Waals surface area contributed by atoms with E-state index >= 15 is 0 Å². The van der Waals surface area contributed by atoms with Crippen LogP contribution in [-0.2, 0) is 26.2 Å². The number of carbonyl (C=O) groups is 2. The van der Waals surface area contributed by atoms with Crippen molar-refractivity contribution in [3.63, 3.8) is 0 Å². The van der Waals surface area contributed by atoms with Crippen molar-refractivity contribution in [1.29, 1.82) is 0 Å². The topological polar surface area (TPSA) is 86.8 Å². The number of hydrogen-bond donors (Lipinski definition) is 1. The van der Waals surface area contributed by atoms with Gasteiger partial charge in [0.1, 0.15) is 12.6 Å². The highest BCUT2D eigenvalue weighted by Crippen LogP contribution is 2.27. The summed E-state index contributed by atoms with van der Waals surface area (Å²) >= 11 is 18.5. The molecule has 198 valence electrons. The van der Waals surface area contributed by atoms with Crippen LogP contribution in [-0.4, -0.2) is 50.5 Å². The molecule has 0 saturated carbocycles. The first kappa shape index (κ1) is 30.2. The van der Waals surface area contributed by atoms with E-state index in [1.165, 1.54) is 4.90 Å². The molecule has 0 spiro atoms. The van der Waals surface area contributed by atoms with Crippen molar-refractivity contribution in [3.05, 3.63) is 62.6 Å². The standard InChI is InChI=1S/C25H32Cl3N3O4S/c1-6-22(25(33)29-13-16(2)3)30(14-18-7-8-20(27)12-21(18)28)24(32)15-31(36(5,34)35)23-10-9-19(26)11-17(23)4/h7-12,16,22H,6,13-15H2,1-5H3,(H,29,33)/t22-/m0/s1. The first-order valence-corrected chi connectivity index (χ1v) is 14.5. The minimum Gasteiger partial charge on any atom is -0.354 e. The highest BCUT2D eigenvalue weighted by atomic mass is 35.5. The van der Waals surface area contributed by atoms with Gasteiger partial charge in [-0.3, -0.25) is 13.9 Å². The van der Waals surface area contributed by atoms with Crippen LogP contribution in [0.2, 0.25) is 15.1 Å². The molecule has 2 aromatic rings. The second kappa shape index (κ2) is 13.0. The summed E-state index contributed by atoms with van der Waals surface area (Å²) in [5.74, 6) is -0.652. The van der Waals surface area contributed by atoms with Crippen LogP contribution in [0.1, 0.15) is 38.3 Å². The predicted molar refractivity (Wildman–Crippen MR) is 147 cm³/mol. The third-order valence-corrected chi connectivity index (χ3v) is 7.48. The minimum atomic E-state index is -3.84.